The van der Waals surface area contributed by atoms with Gasteiger partial charge in [0.05, 0.1) is 16.9 Å². The van der Waals surface area contributed by atoms with Crippen molar-refractivity contribution < 1.29 is 19.6 Å². The number of carbonyl (C=O) groups is 2. The van der Waals surface area contributed by atoms with Gasteiger partial charge >= 0.3 is 0 Å². The van der Waals surface area contributed by atoms with Gasteiger partial charge in [0.2, 0.25) is 11.0 Å². The Bertz CT molecular complexity index is 823. The molecule has 9 heteroatoms. The lowest BCUT2D eigenvalue weighted by molar-refractivity contribution is -0.384. The molecule has 26 heavy (non-hydrogen) atoms. The fraction of sp³-hybridized carbons (Fsp3) is 0.412. The van der Waals surface area contributed by atoms with Crippen molar-refractivity contribution >= 4 is 41.1 Å². The third-order valence-electron chi connectivity index (χ3n) is 4.85. The Balaban J connectivity index is 1.98. The molecule has 1 amide bonds. The Morgan fingerprint density at radius 1 is 1.46 bits per heavy atom. The largest absolute Gasteiger partial charge is 0.392 e. The number of benzene rings is 1. The van der Waals surface area contributed by atoms with Crippen molar-refractivity contribution in [1.29, 1.82) is 0 Å². The zero-order valence-corrected chi connectivity index (χ0v) is 15.9. The highest BCUT2D eigenvalue weighted by Gasteiger charge is 2.67. The number of aliphatic hydroxyl groups excluding tert-OH is 1. The van der Waals surface area contributed by atoms with Crippen LogP contribution in [0.4, 0.5) is 5.69 Å². The molecule has 0 radical (unpaired) electrons. The van der Waals surface area contributed by atoms with Crippen molar-refractivity contribution in [2.24, 2.45) is 5.92 Å². The number of nitro groups is 1. The van der Waals surface area contributed by atoms with Gasteiger partial charge in [-0.25, -0.2) is 0 Å². The Kier molecular flexibility index (Phi) is 4.89. The highest BCUT2D eigenvalue weighted by atomic mass is 32.2. The number of rotatable bonds is 6. The van der Waals surface area contributed by atoms with Gasteiger partial charge < -0.3 is 5.11 Å². The number of hydrogen-bond donors (Lipinski definition) is 2. The van der Waals surface area contributed by atoms with Crippen LogP contribution in [-0.2, 0) is 16.0 Å². The quantitative estimate of drug-likeness (QED) is 0.333. The number of nitro benzene ring substituents is 1. The summed E-state index contributed by atoms with van der Waals surface area (Å²) in [7, 11) is 0. The minimum atomic E-state index is -0.827. The number of nitrogens with zero attached hydrogens (tertiary/aromatic N) is 2. The van der Waals surface area contributed by atoms with E-state index in [1.165, 1.54) is 28.8 Å². The molecule has 138 valence electrons. The number of non-ortho nitro benzene ring substituents is 1. The van der Waals surface area contributed by atoms with Gasteiger partial charge in [-0.15, -0.1) is 0 Å². The van der Waals surface area contributed by atoms with E-state index in [0.717, 1.165) is 5.56 Å². The van der Waals surface area contributed by atoms with Crippen LogP contribution in [0, 0.1) is 16.0 Å². The van der Waals surface area contributed by atoms with Crippen molar-refractivity contribution in [3.63, 3.8) is 0 Å². The third kappa shape index (κ3) is 2.74. The van der Waals surface area contributed by atoms with Gasteiger partial charge in [0.15, 0.2) is 0 Å². The molecule has 0 saturated carbocycles. The van der Waals surface area contributed by atoms with Crippen molar-refractivity contribution in [1.82, 2.24) is 4.90 Å². The third-order valence-corrected chi connectivity index (χ3v) is 6.49. The number of thiol groups is 1. The standard InChI is InChI=1S/C17H18N2O5S2/c1-3-12(20)13-15(21)18-14(16(22)25)9(2)26-17(13,18)8-10-4-6-11(7-5-10)19(23)24/h4-7,12-13,20H,3,8H2,1-2H3,(H,22,25)/t12-,13+,17+/m0/s1. The lowest BCUT2D eigenvalue weighted by Gasteiger charge is -2.55. The maximum absolute atomic E-state index is 12.7. The first-order valence-electron chi connectivity index (χ1n) is 8.11. The van der Waals surface area contributed by atoms with Crippen LogP contribution in [0.3, 0.4) is 0 Å². The van der Waals surface area contributed by atoms with E-state index in [0.29, 0.717) is 17.7 Å². The Hall–Kier alpha value is -1.84. The Labute approximate surface area is 160 Å². The number of amides is 1. The summed E-state index contributed by atoms with van der Waals surface area (Å²) in [4.78, 5) is 36.3. The molecule has 3 atom stereocenters. The molecule has 0 aromatic heterocycles. The van der Waals surface area contributed by atoms with E-state index in [1.807, 2.05) is 0 Å². The molecule has 0 aliphatic carbocycles. The van der Waals surface area contributed by atoms with Crippen LogP contribution in [0.2, 0.25) is 0 Å². The van der Waals surface area contributed by atoms with Gasteiger partial charge in [0.1, 0.15) is 10.6 Å². The number of allylic oxidation sites excluding steroid dienone is 1. The average Bonchev–Trinajstić information content (AvgIpc) is 2.83. The minimum Gasteiger partial charge on any atom is -0.392 e. The first-order valence-corrected chi connectivity index (χ1v) is 9.38. The monoisotopic (exact) mass is 394 g/mol. The van der Waals surface area contributed by atoms with E-state index in [2.05, 4.69) is 12.6 Å². The molecule has 2 heterocycles. The molecule has 1 saturated heterocycles. The molecule has 2 aliphatic heterocycles. The van der Waals surface area contributed by atoms with Gasteiger partial charge in [0.25, 0.3) is 5.69 Å². The van der Waals surface area contributed by atoms with E-state index in [9.17, 15) is 24.8 Å². The number of hydrogen-bond acceptors (Lipinski definition) is 6. The van der Waals surface area contributed by atoms with Gasteiger partial charge in [0, 0.05) is 23.5 Å². The second-order valence-electron chi connectivity index (χ2n) is 6.38. The molecule has 7 nitrogen and oxygen atoms in total. The van der Waals surface area contributed by atoms with Gasteiger partial charge in [-0.05, 0) is 18.9 Å². The zero-order valence-electron chi connectivity index (χ0n) is 14.2. The molecule has 1 N–H and O–H groups in total. The second-order valence-corrected chi connectivity index (χ2v) is 8.31. The van der Waals surface area contributed by atoms with Crippen LogP contribution in [-0.4, -0.2) is 36.9 Å². The fourth-order valence-electron chi connectivity index (χ4n) is 3.67. The molecule has 1 fully saturated rings. The lowest BCUT2D eigenvalue weighted by Crippen LogP contribution is -2.71. The Morgan fingerprint density at radius 3 is 2.58 bits per heavy atom. The van der Waals surface area contributed by atoms with E-state index < -0.39 is 26.9 Å². The van der Waals surface area contributed by atoms with Crippen LogP contribution in [0.1, 0.15) is 25.8 Å². The topological polar surface area (TPSA) is 101 Å². The van der Waals surface area contributed by atoms with Crippen LogP contribution in [0.25, 0.3) is 0 Å². The van der Waals surface area contributed by atoms with Crippen LogP contribution in [0.5, 0.6) is 0 Å². The summed E-state index contributed by atoms with van der Waals surface area (Å²) in [6.07, 6.45) is -0.0485. The zero-order chi connectivity index (χ0) is 19.2. The number of thioether (sulfide) groups is 1. The first-order chi connectivity index (χ1) is 12.2. The summed E-state index contributed by atoms with van der Waals surface area (Å²) in [5.74, 6) is -0.934. The van der Waals surface area contributed by atoms with Gasteiger partial charge in [-0.2, -0.15) is 0 Å². The maximum atomic E-state index is 12.7. The predicted molar refractivity (Wildman–Crippen MR) is 100 cm³/mol. The maximum Gasteiger partial charge on any atom is 0.269 e. The smallest absolute Gasteiger partial charge is 0.269 e. The molecule has 1 aromatic rings. The summed E-state index contributed by atoms with van der Waals surface area (Å²) in [6.45, 7) is 3.55. The molecule has 0 spiro atoms. The predicted octanol–water partition coefficient (Wildman–Crippen LogP) is 2.50. The summed E-state index contributed by atoms with van der Waals surface area (Å²) in [6, 6.07) is 6.10. The van der Waals surface area contributed by atoms with Crippen molar-refractivity contribution in [3.05, 3.63) is 50.5 Å². The minimum absolute atomic E-state index is 0.0162. The van der Waals surface area contributed by atoms with Gasteiger partial charge in [-0.3, -0.25) is 24.6 Å². The summed E-state index contributed by atoms with van der Waals surface area (Å²) in [5.41, 5.74) is 1.02. The average molecular weight is 394 g/mol. The first kappa shape index (κ1) is 18.9. The fourth-order valence-corrected chi connectivity index (χ4v) is 5.72. The van der Waals surface area contributed by atoms with Gasteiger partial charge in [-0.1, -0.05) is 43.4 Å². The summed E-state index contributed by atoms with van der Waals surface area (Å²) in [5, 5.41) is 20.7. The SMILES string of the molecule is CC[C@H](O)[C@@H]1C(=O)N2C(C(=O)S)=C(C)S[C@]12Cc1ccc([N+](=O)[O-])cc1. The Morgan fingerprint density at radius 2 is 2.08 bits per heavy atom. The molecule has 0 bridgehead atoms. The highest BCUT2D eigenvalue weighted by molar-refractivity contribution is 8.05. The normalized spacial score (nSPS) is 25.8. The molecule has 1 aromatic carbocycles. The number of carbonyl (C=O) groups excluding carboxylic acids is 2. The van der Waals surface area contributed by atoms with Crippen molar-refractivity contribution in [2.45, 2.75) is 37.7 Å². The summed E-state index contributed by atoms with van der Waals surface area (Å²) >= 11 is 5.27. The van der Waals surface area contributed by atoms with Crippen LogP contribution < -0.4 is 0 Å². The molecular weight excluding hydrogens is 376 g/mol. The molecule has 0 unspecified atom stereocenters. The number of β-lactam (4-membered cyclic amide) rings is 1. The lowest BCUT2D eigenvalue weighted by atomic mass is 9.77. The summed E-state index contributed by atoms with van der Waals surface area (Å²) < 4.78 is 0. The second kappa shape index (κ2) is 6.71. The highest BCUT2D eigenvalue weighted by Crippen LogP contribution is 2.60. The van der Waals surface area contributed by atoms with Crippen LogP contribution >= 0.6 is 24.4 Å². The van der Waals surface area contributed by atoms with E-state index in [1.54, 1.807) is 26.0 Å². The van der Waals surface area contributed by atoms with Crippen molar-refractivity contribution in [3.8, 4) is 0 Å². The van der Waals surface area contributed by atoms with Crippen LogP contribution in [0.15, 0.2) is 34.9 Å². The van der Waals surface area contributed by atoms with E-state index in [-0.39, 0.29) is 17.3 Å². The molecule has 2 aliphatic rings. The van der Waals surface area contributed by atoms with Crippen molar-refractivity contribution in [2.75, 3.05) is 0 Å². The molecule has 3 rings (SSSR count). The van der Waals surface area contributed by atoms with E-state index in [4.69, 9.17) is 0 Å². The van der Waals surface area contributed by atoms with E-state index >= 15 is 0 Å². The molecular formula is C17H18N2O5S2. The number of aliphatic hydroxyl groups is 1. The number of fused-ring (bicyclic) bond motifs is 1.